The van der Waals surface area contributed by atoms with Gasteiger partial charge in [0.05, 0.1) is 5.69 Å². The van der Waals surface area contributed by atoms with Crippen molar-refractivity contribution in [3.63, 3.8) is 0 Å². The second-order valence-corrected chi connectivity index (χ2v) is 7.03. The smallest absolute Gasteiger partial charge is 0.224 e. The van der Waals surface area contributed by atoms with E-state index in [-0.39, 0.29) is 5.91 Å². The van der Waals surface area contributed by atoms with E-state index in [1.54, 1.807) is 23.7 Å². The van der Waals surface area contributed by atoms with Gasteiger partial charge in [0.25, 0.3) is 0 Å². The molecule has 1 aromatic carbocycles. The molecule has 0 saturated heterocycles. The highest BCUT2D eigenvalue weighted by Gasteiger charge is 2.11. The lowest BCUT2D eigenvalue weighted by Gasteiger charge is -2.13. The van der Waals surface area contributed by atoms with Gasteiger partial charge < -0.3 is 5.32 Å². The first-order chi connectivity index (χ1) is 12.1. The van der Waals surface area contributed by atoms with E-state index in [9.17, 15) is 4.79 Å². The molecule has 0 radical (unpaired) electrons. The van der Waals surface area contributed by atoms with Crippen molar-refractivity contribution in [3.05, 3.63) is 65.4 Å². The molecule has 25 heavy (non-hydrogen) atoms. The maximum atomic E-state index is 12.3. The number of pyridine rings is 1. The van der Waals surface area contributed by atoms with Crippen LogP contribution in [0.25, 0.3) is 10.6 Å². The number of rotatable bonds is 6. The van der Waals surface area contributed by atoms with Gasteiger partial charge in [0.1, 0.15) is 5.01 Å². The van der Waals surface area contributed by atoms with Crippen LogP contribution in [0.15, 0.2) is 54.2 Å². The van der Waals surface area contributed by atoms with Crippen LogP contribution in [0.3, 0.4) is 0 Å². The van der Waals surface area contributed by atoms with Crippen molar-refractivity contribution < 1.29 is 4.79 Å². The van der Waals surface area contributed by atoms with E-state index in [1.165, 1.54) is 0 Å². The number of thiazole rings is 1. The number of hydrogen-bond donors (Lipinski definition) is 1. The van der Waals surface area contributed by atoms with Gasteiger partial charge >= 0.3 is 0 Å². The average Bonchev–Trinajstić information content (AvgIpc) is 3.10. The summed E-state index contributed by atoms with van der Waals surface area (Å²) in [5, 5.41) is 5.98. The lowest BCUT2D eigenvalue weighted by Crippen LogP contribution is -2.14. The van der Waals surface area contributed by atoms with E-state index < -0.39 is 0 Å². The summed E-state index contributed by atoms with van der Waals surface area (Å²) in [6.07, 6.45) is 4.60. The SMILES string of the molecule is CC(C)c1ccccc1NC(=O)CCc1csc(-c2cccnc2)n1. The van der Waals surface area contributed by atoms with Crippen LogP contribution in [0, 0.1) is 0 Å². The summed E-state index contributed by atoms with van der Waals surface area (Å²) in [6.45, 7) is 4.25. The highest BCUT2D eigenvalue weighted by atomic mass is 32.1. The van der Waals surface area contributed by atoms with E-state index in [0.29, 0.717) is 18.8 Å². The minimum atomic E-state index is 0.0176. The molecule has 0 atom stereocenters. The molecular weight excluding hydrogens is 330 g/mol. The van der Waals surface area contributed by atoms with Crippen LogP contribution in [0.1, 0.15) is 37.4 Å². The molecule has 0 unspecified atom stereocenters. The fraction of sp³-hybridized carbons (Fsp3) is 0.250. The number of anilines is 1. The Labute approximate surface area is 152 Å². The van der Waals surface area contributed by atoms with Gasteiger partial charge in [-0.05, 0) is 36.1 Å². The zero-order valence-electron chi connectivity index (χ0n) is 14.4. The standard InChI is InChI=1S/C20H21N3OS/c1-14(2)17-7-3-4-8-18(17)23-19(24)10-9-16-13-25-20(22-16)15-6-5-11-21-12-15/h3-8,11-14H,9-10H2,1-2H3,(H,23,24). The fourth-order valence-electron chi connectivity index (χ4n) is 2.61. The molecule has 0 saturated carbocycles. The van der Waals surface area contributed by atoms with Crippen molar-refractivity contribution in [2.45, 2.75) is 32.6 Å². The Morgan fingerprint density at radius 1 is 1.20 bits per heavy atom. The first-order valence-corrected chi connectivity index (χ1v) is 9.25. The zero-order valence-corrected chi connectivity index (χ0v) is 15.2. The third-order valence-corrected chi connectivity index (χ3v) is 4.87. The van der Waals surface area contributed by atoms with Gasteiger partial charge in [0.15, 0.2) is 0 Å². The minimum absolute atomic E-state index is 0.0176. The summed E-state index contributed by atoms with van der Waals surface area (Å²) < 4.78 is 0. The minimum Gasteiger partial charge on any atom is -0.326 e. The summed E-state index contributed by atoms with van der Waals surface area (Å²) in [5.41, 5.74) is 4.01. The molecule has 0 aliphatic heterocycles. The van der Waals surface area contributed by atoms with Crippen molar-refractivity contribution in [2.24, 2.45) is 0 Å². The Morgan fingerprint density at radius 3 is 2.80 bits per heavy atom. The third kappa shape index (κ3) is 4.51. The van der Waals surface area contributed by atoms with Crippen LogP contribution >= 0.6 is 11.3 Å². The van der Waals surface area contributed by atoms with Gasteiger partial charge in [-0.2, -0.15) is 0 Å². The summed E-state index contributed by atoms with van der Waals surface area (Å²) >= 11 is 1.58. The number of nitrogens with one attached hydrogen (secondary N) is 1. The lowest BCUT2D eigenvalue weighted by atomic mass is 10.0. The van der Waals surface area contributed by atoms with Crippen LogP contribution in [-0.4, -0.2) is 15.9 Å². The average molecular weight is 351 g/mol. The van der Waals surface area contributed by atoms with E-state index in [2.05, 4.69) is 35.2 Å². The number of carbonyl (C=O) groups excluding carboxylic acids is 1. The molecule has 1 amide bonds. The van der Waals surface area contributed by atoms with Crippen LogP contribution in [0.4, 0.5) is 5.69 Å². The number of carbonyl (C=O) groups is 1. The number of benzene rings is 1. The van der Waals surface area contributed by atoms with Gasteiger partial charge in [-0.3, -0.25) is 9.78 Å². The molecule has 5 heteroatoms. The highest BCUT2D eigenvalue weighted by Crippen LogP contribution is 2.25. The van der Waals surface area contributed by atoms with Crippen LogP contribution < -0.4 is 5.32 Å². The molecule has 2 heterocycles. The Bertz CT molecular complexity index is 843. The number of aryl methyl sites for hydroxylation is 1. The molecule has 128 valence electrons. The molecule has 0 aliphatic carbocycles. The summed E-state index contributed by atoms with van der Waals surface area (Å²) in [6, 6.07) is 11.8. The van der Waals surface area contributed by atoms with E-state index in [0.717, 1.165) is 27.5 Å². The first kappa shape index (κ1) is 17.3. The van der Waals surface area contributed by atoms with E-state index >= 15 is 0 Å². The number of para-hydroxylation sites is 1. The van der Waals surface area contributed by atoms with Crippen molar-refractivity contribution in [3.8, 4) is 10.6 Å². The Kier molecular flexibility index (Phi) is 5.56. The predicted octanol–water partition coefficient (Wildman–Crippen LogP) is 4.90. The number of nitrogens with zero attached hydrogens (tertiary/aromatic N) is 2. The topological polar surface area (TPSA) is 54.9 Å². The second-order valence-electron chi connectivity index (χ2n) is 6.18. The van der Waals surface area contributed by atoms with E-state index in [1.807, 2.05) is 35.7 Å². The van der Waals surface area contributed by atoms with Crippen molar-refractivity contribution in [1.82, 2.24) is 9.97 Å². The summed E-state index contributed by atoms with van der Waals surface area (Å²) in [4.78, 5) is 21.0. The monoisotopic (exact) mass is 351 g/mol. The normalized spacial score (nSPS) is 10.8. The molecule has 2 aromatic heterocycles. The van der Waals surface area contributed by atoms with Crippen LogP contribution in [0.2, 0.25) is 0 Å². The summed E-state index contributed by atoms with van der Waals surface area (Å²) in [7, 11) is 0. The molecule has 0 bridgehead atoms. The number of hydrogen-bond acceptors (Lipinski definition) is 4. The lowest BCUT2D eigenvalue weighted by molar-refractivity contribution is -0.116. The quantitative estimate of drug-likeness (QED) is 0.687. The molecule has 4 nitrogen and oxygen atoms in total. The largest absolute Gasteiger partial charge is 0.326 e. The third-order valence-electron chi connectivity index (χ3n) is 3.93. The van der Waals surface area contributed by atoms with Gasteiger partial charge in [-0.1, -0.05) is 32.0 Å². The van der Waals surface area contributed by atoms with Gasteiger partial charge in [0.2, 0.25) is 5.91 Å². The molecule has 0 spiro atoms. The van der Waals surface area contributed by atoms with Gasteiger partial charge in [-0.15, -0.1) is 11.3 Å². The van der Waals surface area contributed by atoms with Crippen molar-refractivity contribution in [1.29, 1.82) is 0 Å². The van der Waals surface area contributed by atoms with Gasteiger partial charge in [-0.25, -0.2) is 4.98 Å². The van der Waals surface area contributed by atoms with E-state index in [4.69, 9.17) is 0 Å². The number of aromatic nitrogens is 2. The molecule has 3 aromatic rings. The van der Waals surface area contributed by atoms with Crippen molar-refractivity contribution >= 4 is 22.9 Å². The Balaban J connectivity index is 1.59. The molecular formula is C20H21N3OS. The second kappa shape index (κ2) is 8.03. The molecule has 0 fully saturated rings. The molecule has 3 rings (SSSR count). The maximum absolute atomic E-state index is 12.3. The Hall–Kier alpha value is -2.53. The van der Waals surface area contributed by atoms with Crippen molar-refractivity contribution in [2.75, 3.05) is 5.32 Å². The van der Waals surface area contributed by atoms with Crippen LogP contribution in [0.5, 0.6) is 0 Å². The summed E-state index contributed by atoms with van der Waals surface area (Å²) in [5.74, 6) is 0.390. The molecule has 1 N–H and O–H groups in total. The fourth-order valence-corrected chi connectivity index (χ4v) is 3.46. The zero-order chi connectivity index (χ0) is 17.6. The predicted molar refractivity (Wildman–Crippen MR) is 103 cm³/mol. The van der Waals surface area contributed by atoms with Crippen LogP contribution in [-0.2, 0) is 11.2 Å². The highest BCUT2D eigenvalue weighted by molar-refractivity contribution is 7.13. The number of amides is 1. The van der Waals surface area contributed by atoms with Gasteiger partial charge in [0, 0.05) is 35.4 Å². The Morgan fingerprint density at radius 2 is 2.04 bits per heavy atom. The molecule has 0 aliphatic rings. The maximum Gasteiger partial charge on any atom is 0.224 e. The first-order valence-electron chi connectivity index (χ1n) is 8.37.